The zero-order valence-electron chi connectivity index (χ0n) is 10.1. The predicted octanol–water partition coefficient (Wildman–Crippen LogP) is 1.43. The van der Waals surface area contributed by atoms with Crippen LogP contribution >= 0.6 is 0 Å². The Bertz CT molecular complexity index is 383. The van der Waals surface area contributed by atoms with Crippen LogP contribution in [0.3, 0.4) is 0 Å². The molecule has 17 heavy (non-hydrogen) atoms. The summed E-state index contributed by atoms with van der Waals surface area (Å²) in [6.07, 6.45) is -0.411. The van der Waals surface area contributed by atoms with Crippen LogP contribution in [0.5, 0.6) is 0 Å². The molecule has 0 amide bonds. The molecule has 0 aliphatic carbocycles. The van der Waals surface area contributed by atoms with Crippen molar-refractivity contribution in [3.8, 4) is 0 Å². The summed E-state index contributed by atoms with van der Waals surface area (Å²) < 4.78 is 0. The van der Waals surface area contributed by atoms with Crippen molar-refractivity contribution in [1.29, 1.82) is 0 Å². The zero-order valence-corrected chi connectivity index (χ0v) is 10.1. The number of hydrogen-bond acceptors (Lipinski definition) is 3. The van der Waals surface area contributed by atoms with Gasteiger partial charge in [0.25, 0.3) is 0 Å². The second-order valence-electron chi connectivity index (χ2n) is 4.42. The molecule has 1 aromatic carbocycles. The summed E-state index contributed by atoms with van der Waals surface area (Å²) >= 11 is 0. The molecule has 0 aliphatic rings. The van der Waals surface area contributed by atoms with Gasteiger partial charge in [-0.1, -0.05) is 29.8 Å². The summed E-state index contributed by atoms with van der Waals surface area (Å²) in [5, 5.41) is 28.5. The Kier molecular flexibility index (Phi) is 4.26. The third-order valence-electron chi connectivity index (χ3n) is 2.81. The second kappa shape index (κ2) is 5.29. The molecule has 0 heterocycles. The fourth-order valence-corrected chi connectivity index (χ4v) is 1.62. The topological polar surface area (TPSA) is 77.8 Å². The van der Waals surface area contributed by atoms with E-state index < -0.39 is 17.7 Å². The normalized spacial score (nSPS) is 16.2. The molecule has 4 nitrogen and oxygen atoms in total. The quantitative estimate of drug-likeness (QED) is 0.725. The van der Waals surface area contributed by atoms with Crippen LogP contribution in [0.1, 0.15) is 30.9 Å². The summed E-state index contributed by atoms with van der Waals surface area (Å²) in [5.41, 5.74) is -0.585. The first kappa shape index (κ1) is 13.7. The Morgan fingerprint density at radius 2 is 1.88 bits per heavy atom. The van der Waals surface area contributed by atoms with Crippen molar-refractivity contribution in [2.45, 2.75) is 38.4 Å². The van der Waals surface area contributed by atoms with Crippen LogP contribution in [-0.4, -0.2) is 27.4 Å². The molecular weight excluding hydrogens is 220 g/mol. The van der Waals surface area contributed by atoms with Crippen molar-refractivity contribution < 1.29 is 20.1 Å². The Morgan fingerprint density at radius 1 is 1.35 bits per heavy atom. The van der Waals surface area contributed by atoms with E-state index in [4.69, 9.17) is 5.11 Å². The van der Waals surface area contributed by atoms with E-state index in [9.17, 15) is 15.0 Å². The lowest BCUT2D eigenvalue weighted by Gasteiger charge is -2.24. The van der Waals surface area contributed by atoms with E-state index in [2.05, 4.69) is 0 Å². The molecule has 0 radical (unpaired) electrons. The minimum Gasteiger partial charge on any atom is -0.479 e. The minimum absolute atomic E-state index is 0.0109. The second-order valence-corrected chi connectivity index (χ2v) is 4.42. The maximum atomic E-state index is 11.2. The van der Waals surface area contributed by atoms with Gasteiger partial charge in [-0.05, 0) is 32.3 Å². The largest absolute Gasteiger partial charge is 0.479 e. The van der Waals surface area contributed by atoms with Gasteiger partial charge < -0.3 is 15.3 Å². The maximum absolute atomic E-state index is 11.2. The number of rotatable bonds is 5. The number of aliphatic hydroxyl groups is 2. The highest BCUT2D eigenvalue weighted by Gasteiger charge is 2.37. The van der Waals surface area contributed by atoms with E-state index in [1.165, 1.54) is 0 Å². The first-order valence-corrected chi connectivity index (χ1v) is 5.57. The van der Waals surface area contributed by atoms with Crippen molar-refractivity contribution in [3.63, 3.8) is 0 Å². The molecule has 3 N–H and O–H groups in total. The van der Waals surface area contributed by atoms with Gasteiger partial charge >= 0.3 is 5.97 Å². The maximum Gasteiger partial charge on any atom is 0.340 e. The van der Waals surface area contributed by atoms with E-state index in [0.717, 1.165) is 5.56 Å². The highest BCUT2D eigenvalue weighted by molar-refractivity contribution is 5.79. The SMILES string of the molecule is Cc1ccc(C(O)(CCC(C)O)C(=O)O)cc1. The summed E-state index contributed by atoms with van der Waals surface area (Å²) in [4.78, 5) is 11.2. The van der Waals surface area contributed by atoms with Crippen LogP contribution in [0.15, 0.2) is 24.3 Å². The third-order valence-corrected chi connectivity index (χ3v) is 2.81. The number of aliphatic carboxylic acids is 1. The minimum atomic E-state index is -1.93. The molecule has 2 unspecified atom stereocenters. The fraction of sp³-hybridized carbons (Fsp3) is 0.462. The van der Waals surface area contributed by atoms with Crippen LogP contribution in [0.4, 0.5) is 0 Å². The average Bonchev–Trinajstić information content (AvgIpc) is 2.26. The molecule has 4 heteroatoms. The molecule has 0 aromatic heterocycles. The van der Waals surface area contributed by atoms with Gasteiger partial charge in [-0.2, -0.15) is 0 Å². The smallest absolute Gasteiger partial charge is 0.340 e. The molecule has 0 saturated heterocycles. The third kappa shape index (κ3) is 3.28. The fourth-order valence-electron chi connectivity index (χ4n) is 1.62. The van der Waals surface area contributed by atoms with Crippen molar-refractivity contribution in [2.75, 3.05) is 0 Å². The molecule has 2 atom stereocenters. The summed E-state index contributed by atoms with van der Waals surface area (Å²) in [5.74, 6) is -1.29. The van der Waals surface area contributed by atoms with Gasteiger partial charge in [-0.25, -0.2) is 4.79 Å². The number of aliphatic hydroxyl groups excluding tert-OH is 1. The number of benzene rings is 1. The summed E-state index contributed by atoms with van der Waals surface area (Å²) in [6.45, 7) is 3.46. The highest BCUT2D eigenvalue weighted by atomic mass is 16.4. The molecule has 0 fully saturated rings. The Hall–Kier alpha value is -1.39. The molecule has 0 spiro atoms. The summed E-state index contributed by atoms with van der Waals surface area (Å²) in [6, 6.07) is 6.72. The summed E-state index contributed by atoms with van der Waals surface area (Å²) in [7, 11) is 0. The predicted molar refractivity (Wildman–Crippen MR) is 63.6 cm³/mol. The van der Waals surface area contributed by atoms with Crippen molar-refractivity contribution in [1.82, 2.24) is 0 Å². The number of carboxylic acids is 1. The Morgan fingerprint density at radius 3 is 2.29 bits per heavy atom. The Labute approximate surface area is 101 Å². The van der Waals surface area contributed by atoms with Crippen LogP contribution in [-0.2, 0) is 10.4 Å². The van der Waals surface area contributed by atoms with Crippen LogP contribution in [0, 0.1) is 6.92 Å². The van der Waals surface area contributed by atoms with Gasteiger partial charge in [-0.15, -0.1) is 0 Å². The van der Waals surface area contributed by atoms with Gasteiger partial charge in [0.05, 0.1) is 6.10 Å². The lowest BCUT2D eigenvalue weighted by molar-refractivity contribution is -0.161. The number of aryl methyl sites for hydroxylation is 1. The van der Waals surface area contributed by atoms with Gasteiger partial charge in [0.2, 0.25) is 0 Å². The van der Waals surface area contributed by atoms with Gasteiger partial charge in [0.1, 0.15) is 0 Å². The molecule has 94 valence electrons. The van der Waals surface area contributed by atoms with Crippen molar-refractivity contribution >= 4 is 5.97 Å². The van der Waals surface area contributed by atoms with E-state index >= 15 is 0 Å². The molecule has 0 bridgehead atoms. The van der Waals surface area contributed by atoms with Crippen LogP contribution in [0.2, 0.25) is 0 Å². The molecule has 0 aliphatic heterocycles. The van der Waals surface area contributed by atoms with E-state index in [-0.39, 0.29) is 12.8 Å². The van der Waals surface area contributed by atoms with E-state index in [0.29, 0.717) is 5.56 Å². The van der Waals surface area contributed by atoms with Crippen LogP contribution in [0.25, 0.3) is 0 Å². The van der Waals surface area contributed by atoms with Gasteiger partial charge in [0.15, 0.2) is 5.60 Å². The number of carbonyl (C=O) groups is 1. The first-order valence-electron chi connectivity index (χ1n) is 5.57. The van der Waals surface area contributed by atoms with E-state index in [1.807, 2.05) is 6.92 Å². The van der Waals surface area contributed by atoms with E-state index in [1.54, 1.807) is 31.2 Å². The molecule has 1 aromatic rings. The Balaban J connectivity index is 2.98. The van der Waals surface area contributed by atoms with Gasteiger partial charge in [-0.3, -0.25) is 0 Å². The number of carboxylic acid groups (broad SMARTS) is 1. The van der Waals surface area contributed by atoms with Gasteiger partial charge in [0, 0.05) is 0 Å². The molecule has 1 rings (SSSR count). The highest BCUT2D eigenvalue weighted by Crippen LogP contribution is 2.27. The van der Waals surface area contributed by atoms with Crippen molar-refractivity contribution in [3.05, 3.63) is 35.4 Å². The average molecular weight is 238 g/mol. The number of hydrogen-bond donors (Lipinski definition) is 3. The monoisotopic (exact) mass is 238 g/mol. The van der Waals surface area contributed by atoms with Crippen molar-refractivity contribution in [2.24, 2.45) is 0 Å². The molecular formula is C13H18O4. The lowest BCUT2D eigenvalue weighted by Crippen LogP contribution is -2.36. The molecule has 0 saturated carbocycles. The van der Waals surface area contributed by atoms with Crippen LogP contribution < -0.4 is 0 Å². The first-order chi connectivity index (χ1) is 7.86. The zero-order chi connectivity index (χ0) is 13.1. The lowest BCUT2D eigenvalue weighted by atomic mass is 9.88. The standard InChI is InChI=1S/C13H18O4/c1-9-3-5-11(6-4-9)13(17,12(15)16)8-7-10(2)14/h3-6,10,14,17H,7-8H2,1-2H3,(H,15,16).